The maximum absolute atomic E-state index is 11.9. The fourth-order valence-electron chi connectivity index (χ4n) is 3.13. The Bertz CT molecular complexity index is 1040. The number of H-pyrrole nitrogens is 1. The van der Waals surface area contributed by atoms with Crippen LogP contribution in [0.3, 0.4) is 0 Å². The molecule has 1 N–H and O–H groups in total. The lowest BCUT2D eigenvalue weighted by atomic mass is 10.1. The molecule has 0 unspecified atom stereocenters. The van der Waals surface area contributed by atoms with Crippen LogP contribution in [0.5, 0.6) is 11.6 Å². The van der Waals surface area contributed by atoms with E-state index >= 15 is 0 Å². The van der Waals surface area contributed by atoms with Crippen LogP contribution in [-0.4, -0.2) is 14.5 Å². The van der Waals surface area contributed by atoms with Gasteiger partial charge in [-0.1, -0.05) is 6.07 Å². The number of hydrogen-bond acceptors (Lipinski definition) is 4. The zero-order valence-corrected chi connectivity index (χ0v) is 14.7. The first-order chi connectivity index (χ1) is 12.5. The monoisotopic (exact) mass is 349 g/mol. The lowest BCUT2D eigenvalue weighted by molar-refractivity contribution is 0.456. The van der Waals surface area contributed by atoms with Gasteiger partial charge < -0.3 is 4.74 Å². The Kier molecular flexibility index (Phi) is 3.95. The first kappa shape index (κ1) is 16.3. The van der Waals surface area contributed by atoms with Crippen LogP contribution in [-0.2, 0) is 7.05 Å². The average molecular weight is 349 g/mol. The molecule has 0 amide bonds. The second-order valence-corrected chi connectivity index (χ2v) is 6.59. The van der Waals surface area contributed by atoms with E-state index in [0.29, 0.717) is 28.8 Å². The lowest BCUT2D eigenvalue weighted by Crippen LogP contribution is -2.31. The largest absolute Gasteiger partial charge is 0.439 e. The normalized spacial score (nSPS) is 13.6. The van der Waals surface area contributed by atoms with Gasteiger partial charge in [0.2, 0.25) is 5.88 Å². The van der Waals surface area contributed by atoms with Crippen LogP contribution in [0.2, 0.25) is 0 Å². The highest BCUT2D eigenvalue weighted by Gasteiger charge is 2.27. The van der Waals surface area contributed by atoms with E-state index in [2.05, 4.69) is 16.0 Å². The molecule has 6 heteroatoms. The molecule has 2 aromatic heterocycles. The predicted molar refractivity (Wildman–Crippen MR) is 98.8 cm³/mol. The van der Waals surface area contributed by atoms with E-state index in [-0.39, 0.29) is 5.56 Å². The molecule has 0 saturated heterocycles. The van der Waals surface area contributed by atoms with E-state index in [1.807, 2.05) is 30.3 Å². The first-order valence-corrected chi connectivity index (χ1v) is 8.57. The molecule has 1 aliphatic rings. The van der Waals surface area contributed by atoms with Gasteiger partial charge in [0.1, 0.15) is 5.75 Å². The number of nitrogens with one attached hydrogen (secondary N) is 1. The second-order valence-electron chi connectivity index (χ2n) is 6.59. The van der Waals surface area contributed by atoms with Crippen molar-refractivity contribution in [3.05, 3.63) is 74.6 Å². The molecule has 0 spiro atoms. The third kappa shape index (κ3) is 2.94. The Labute approximate surface area is 150 Å². The molecule has 0 atom stereocenters. The van der Waals surface area contributed by atoms with Gasteiger partial charge in [0.15, 0.2) is 0 Å². The number of hydrogen-bond donors (Lipinski definition) is 1. The molecule has 0 aliphatic heterocycles. The van der Waals surface area contributed by atoms with Gasteiger partial charge in [0, 0.05) is 24.4 Å². The molecule has 1 fully saturated rings. The van der Waals surface area contributed by atoms with Gasteiger partial charge in [-0.3, -0.25) is 14.3 Å². The lowest BCUT2D eigenvalue weighted by Gasteiger charge is -2.12. The summed E-state index contributed by atoms with van der Waals surface area (Å²) < 4.78 is 7.40. The number of aromatic nitrogens is 3. The van der Waals surface area contributed by atoms with Crippen molar-refractivity contribution in [1.82, 2.24) is 14.5 Å². The highest BCUT2D eigenvalue weighted by atomic mass is 16.5. The van der Waals surface area contributed by atoms with Crippen LogP contribution in [0.1, 0.15) is 29.9 Å². The van der Waals surface area contributed by atoms with E-state index < -0.39 is 5.69 Å². The Morgan fingerprint density at radius 1 is 1.15 bits per heavy atom. The molecule has 1 aliphatic carbocycles. The van der Waals surface area contributed by atoms with Crippen LogP contribution in [0.15, 0.2) is 52.2 Å². The van der Waals surface area contributed by atoms with Crippen LogP contribution in [0, 0.1) is 6.92 Å². The summed E-state index contributed by atoms with van der Waals surface area (Å²) in [5.74, 6) is 1.86. The number of benzene rings is 1. The molecular formula is C20H19N3O3. The van der Waals surface area contributed by atoms with Gasteiger partial charge >= 0.3 is 5.69 Å². The molecule has 6 nitrogen and oxygen atoms in total. The fraction of sp³-hybridized carbons (Fsp3) is 0.250. The second kappa shape index (κ2) is 6.29. The standard InChI is InChI=1S/C20H19N3O3/c1-12-17(23(2)20(25)22-18(12)24)14-7-9-15(10-8-14)26-19-16(13-5-6-13)4-3-11-21-19/h3-4,7-11,13H,5-6H2,1-2H3,(H,22,24,25). The van der Waals surface area contributed by atoms with E-state index in [4.69, 9.17) is 4.74 Å². The van der Waals surface area contributed by atoms with Crippen LogP contribution < -0.4 is 16.0 Å². The average Bonchev–Trinajstić information content (AvgIpc) is 3.47. The minimum atomic E-state index is -0.432. The Hall–Kier alpha value is -3.15. The molecule has 0 radical (unpaired) electrons. The first-order valence-electron chi connectivity index (χ1n) is 8.57. The minimum absolute atomic E-state index is 0.369. The summed E-state index contributed by atoms with van der Waals surface area (Å²) in [6.45, 7) is 1.70. The fourth-order valence-corrected chi connectivity index (χ4v) is 3.13. The molecule has 0 bridgehead atoms. The van der Waals surface area contributed by atoms with Crippen LogP contribution in [0.4, 0.5) is 0 Å². The number of aromatic amines is 1. The zero-order chi connectivity index (χ0) is 18.3. The van der Waals surface area contributed by atoms with Crippen molar-refractivity contribution < 1.29 is 4.74 Å². The topological polar surface area (TPSA) is 77.0 Å². The smallest absolute Gasteiger partial charge is 0.328 e. The van der Waals surface area contributed by atoms with E-state index in [0.717, 1.165) is 11.1 Å². The third-order valence-corrected chi connectivity index (χ3v) is 4.72. The Morgan fingerprint density at radius 3 is 2.58 bits per heavy atom. The molecule has 2 heterocycles. The quantitative estimate of drug-likeness (QED) is 0.785. The van der Waals surface area contributed by atoms with Gasteiger partial charge in [-0.2, -0.15) is 0 Å². The van der Waals surface area contributed by atoms with Crippen LogP contribution in [0.25, 0.3) is 11.3 Å². The Balaban J connectivity index is 1.67. The predicted octanol–water partition coefficient (Wildman–Crippen LogP) is 3.11. The van der Waals surface area contributed by atoms with Crippen molar-refractivity contribution in [3.63, 3.8) is 0 Å². The summed E-state index contributed by atoms with van der Waals surface area (Å²) in [6.07, 6.45) is 4.08. The SMILES string of the molecule is Cc1c(-c2ccc(Oc3ncccc3C3CC3)cc2)n(C)c(=O)[nH]c1=O. The van der Waals surface area contributed by atoms with Crippen molar-refractivity contribution in [2.24, 2.45) is 7.05 Å². The van der Waals surface area contributed by atoms with Crippen molar-refractivity contribution in [2.45, 2.75) is 25.7 Å². The van der Waals surface area contributed by atoms with Gasteiger partial charge in [-0.15, -0.1) is 0 Å². The maximum Gasteiger partial charge on any atom is 0.328 e. The summed E-state index contributed by atoms with van der Waals surface area (Å²) in [4.78, 5) is 30.4. The molecule has 132 valence electrons. The summed E-state index contributed by atoms with van der Waals surface area (Å²) in [5, 5.41) is 0. The molecule has 1 aromatic carbocycles. The minimum Gasteiger partial charge on any atom is -0.439 e. The molecular weight excluding hydrogens is 330 g/mol. The summed E-state index contributed by atoms with van der Waals surface area (Å²) in [5.41, 5.74) is 2.22. The Morgan fingerprint density at radius 2 is 1.88 bits per heavy atom. The number of nitrogens with zero attached hydrogens (tertiary/aromatic N) is 2. The summed E-state index contributed by atoms with van der Waals surface area (Å²) in [6, 6.07) is 11.3. The number of pyridine rings is 1. The highest BCUT2D eigenvalue weighted by Crippen LogP contribution is 2.44. The summed E-state index contributed by atoms with van der Waals surface area (Å²) >= 11 is 0. The maximum atomic E-state index is 11.9. The van der Waals surface area contributed by atoms with Gasteiger partial charge in [-0.25, -0.2) is 9.78 Å². The van der Waals surface area contributed by atoms with Crippen molar-refractivity contribution in [3.8, 4) is 22.9 Å². The van der Waals surface area contributed by atoms with Crippen molar-refractivity contribution >= 4 is 0 Å². The zero-order valence-electron chi connectivity index (χ0n) is 14.7. The molecule has 26 heavy (non-hydrogen) atoms. The van der Waals surface area contributed by atoms with Gasteiger partial charge in [0.25, 0.3) is 5.56 Å². The van der Waals surface area contributed by atoms with E-state index in [9.17, 15) is 9.59 Å². The van der Waals surface area contributed by atoms with Crippen molar-refractivity contribution in [1.29, 1.82) is 0 Å². The third-order valence-electron chi connectivity index (χ3n) is 4.72. The van der Waals surface area contributed by atoms with E-state index in [1.54, 1.807) is 20.2 Å². The number of ether oxygens (including phenoxy) is 1. The van der Waals surface area contributed by atoms with Crippen molar-refractivity contribution in [2.75, 3.05) is 0 Å². The summed E-state index contributed by atoms with van der Waals surface area (Å²) in [7, 11) is 1.64. The van der Waals surface area contributed by atoms with Gasteiger partial charge in [-0.05, 0) is 61.6 Å². The van der Waals surface area contributed by atoms with Crippen LogP contribution >= 0.6 is 0 Å². The molecule has 4 rings (SSSR count). The van der Waals surface area contributed by atoms with E-state index in [1.165, 1.54) is 17.4 Å². The molecule has 1 saturated carbocycles. The highest BCUT2D eigenvalue weighted by molar-refractivity contribution is 5.63. The number of rotatable bonds is 4. The molecule has 3 aromatic rings. The van der Waals surface area contributed by atoms with Gasteiger partial charge in [0.05, 0.1) is 5.69 Å².